The van der Waals surface area contributed by atoms with Crippen molar-refractivity contribution in [3.05, 3.63) is 71.2 Å². The quantitative estimate of drug-likeness (QED) is 0.252. The highest BCUT2D eigenvalue weighted by molar-refractivity contribution is 6.06. The van der Waals surface area contributed by atoms with Crippen molar-refractivity contribution in [1.29, 1.82) is 0 Å². The van der Waals surface area contributed by atoms with E-state index in [-0.39, 0.29) is 23.0 Å². The third kappa shape index (κ3) is 6.40. The number of rotatable bonds is 8. The van der Waals surface area contributed by atoms with Gasteiger partial charge in [0.05, 0.1) is 14.2 Å². The monoisotopic (exact) mass is 426 g/mol. The number of hydrogen-bond donors (Lipinski definition) is 3. The van der Waals surface area contributed by atoms with E-state index in [1.807, 2.05) is 0 Å². The molecule has 2 aromatic carbocycles. The molecule has 3 N–H and O–H groups in total. The van der Waals surface area contributed by atoms with Crippen LogP contribution in [0.5, 0.6) is 23.0 Å². The zero-order valence-electron chi connectivity index (χ0n) is 17.2. The molecule has 8 nitrogen and oxygen atoms in total. The van der Waals surface area contributed by atoms with Crippen LogP contribution >= 0.6 is 0 Å². The van der Waals surface area contributed by atoms with Gasteiger partial charge in [-0.05, 0) is 47.5 Å². The number of aliphatic hydroxyl groups is 1. The van der Waals surface area contributed by atoms with Crippen molar-refractivity contribution in [2.24, 2.45) is 0 Å². The maximum absolute atomic E-state index is 12.5. The Kier molecular flexibility index (Phi) is 7.85. The summed E-state index contributed by atoms with van der Waals surface area (Å²) < 4.78 is 14.9. The number of aromatic hydroxyl groups is 2. The lowest BCUT2D eigenvalue weighted by Gasteiger charge is -2.06. The first-order valence-corrected chi connectivity index (χ1v) is 9.01. The smallest absolute Gasteiger partial charge is 0.308 e. The van der Waals surface area contributed by atoms with Gasteiger partial charge in [-0.3, -0.25) is 9.59 Å². The van der Waals surface area contributed by atoms with Gasteiger partial charge in [0.15, 0.2) is 28.8 Å². The van der Waals surface area contributed by atoms with E-state index in [9.17, 15) is 24.9 Å². The Hall–Kier alpha value is -4.20. The van der Waals surface area contributed by atoms with Gasteiger partial charge in [-0.1, -0.05) is 24.3 Å². The van der Waals surface area contributed by atoms with Crippen LogP contribution in [-0.2, 0) is 14.3 Å². The molecule has 0 bridgehead atoms. The Morgan fingerprint density at radius 3 is 1.77 bits per heavy atom. The summed E-state index contributed by atoms with van der Waals surface area (Å²) in [7, 11) is 2.79. The molecule has 0 fully saturated rings. The van der Waals surface area contributed by atoms with E-state index < -0.39 is 23.3 Å². The van der Waals surface area contributed by atoms with Crippen molar-refractivity contribution in [1.82, 2.24) is 0 Å². The summed E-state index contributed by atoms with van der Waals surface area (Å²) in [5.41, 5.74) is 1.10. The van der Waals surface area contributed by atoms with E-state index >= 15 is 0 Å². The number of ether oxygens (including phenoxy) is 3. The van der Waals surface area contributed by atoms with Crippen molar-refractivity contribution in [3.8, 4) is 23.0 Å². The molecule has 0 aliphatic rings. The summed E-state index contributed by atoms with van der Waals surface area (Å²) in [6.45, 7) is 1.10. The molecule has 2 aromatic rings. The maximum atomic E-state index is 12.5. The SMILES string of the molecule is COc1cc(/C=C/C(=O)/C(OC(C)=O)=C(O)/C=C/c2ccc(O)c(OC)c2)ccc1O. The number of ketones is 1. The standard InChI is InChI=1S/C23H22O8/c1-14(24)31-23(19(27)10-6-15-4-8-17(25)21(12-15)29-2)20(28)11-7-16-5-9-18(26)22(13-16)30-3/h4-13,25-27H,1-3H3/b10-6+,11-7+,23-19+. The first kappa shape index (κ1) is 23.1. The minimum Gasteiger partial charge on any atom is -0.504 e. The zero-order chi connectivity index (χ0) is 23.0. The van der Waals surface area contributed by atoms with Gasteiger partial charge < -0.3 is 29.5 Å². The minimum atomic E-state index is -0.783. The summed E-state index contributed by atoms with van der Waals surface area (Å²) in [5.74, 6) is -2.32. The van der Waals surface area contributed by atoms with Crippen LogP contribution in [0.4, 0.5) is 0 Å². The number of carbonyl (C=O) groups is 2. The first-order valence-electron chi connectivity index (χ1n) is 9.01. The number of hydrogen-bond acceptors (Lipinski definition) is 8. The van der Waals surface area contributed by atoms with Crippen molar-refractivity contribution in [2.75, 3.05) is 14.2 Å². The fourth-order valence-electron chi connectivity index (χ4n) is 2.47. The second-order valence-electron chi connectivity index (χ2n) is 6.20. The highest BCUT2D eigenvalue weighted by Gasteiger charge is 2.16. The molecule has 2 rings (SSSR count). The average Bonchev–Trinajstić information content (AvgIpc) is 2.75. The normalized spacial score (nSPS) is 12.0. The first-order chi connectivity index (χ1) is 14.7. The van der Waals surface area contributed by atoms with E-state index in [1.54, 1.807) is 12.1 Å². The van der Waals surface area contributed by atoms with Crippen LogP contribution in [0.15, 0.2) is 60.1 Å². The van der Waals surface area contributed by atoms with Gasteiger partial charge in [0, 0.05) is 6.92 Å². The number of phenols is 2. The summed E-state index contributed by atoms with van der Waals surface area (Å²) >= 11 is 0. The lowest BCUT2D eigenvalue weighted by molar-refractivity contribution is -0.139. The van der Waals surface area contributed by atoms with Gasteiger partial charge in [-0.15, -0.1) is 0 Å². The van der Waals surface area contributed by atoms with Crippen LogP contribution in [0.25, 0.3) is 12.2 Å². The number of benzene rings is 2. The van der Waals surface area contributed by atoms with E-state index in [1.165, 1.54) is 56.7 Å². The molecule has 8 heteroatoms. The molecule has 0 amide bonds. The fraction of sp³-hybridized carbons (Fsp3) is 0.130. The van der Waals surface area contributed by atoms with E-state index in [0.717, 1.165) is 13.0 Å². The minimum absolute atomic E-state index is 0.0498. The van der Waals surface area contributed by atoms with Crippen LogP contribution in [0, 0.1) is 0 Å². The second kappa shape index (κ2) is 10.5. The molecule has 0 aromatic heterocycles. The van der Waals surface area contributed by atoms with Gasteiger partial charge in [0.1, 0.15) is 0 Å². The Morgan fingerprint density at radius 2 is 1.32 bits per heavy atom. The molecular formula is C23H22O8. The van der Waals surface area contributed by atoms with Crippen molar-refractivity contribution >= 4 is 23.9 Å². The topological polar surface area (TPSA) is 123 Å². The fourth-order valence-corrected chi connectivity index (χ4v) is 2.47. The second-order valence-corrected chi connectivity index (χ2v) is 6.20. The molecule has 0 radical (unpaired) electrons. The third-order valence-electron chi connectivity index (χ3n) is 3.97. The molecule has 0 spiro atoms. The van der Waals surface area contributed by atoms with Crippen LogP contribution in [0.3, 0.4) is 0 Å². The Bertz CT molecular complexity index is 1060. The van der Waals surface area contributed by atoms with Gasteiger partial charge in [-0.2, -0.15) is 0 Å². The Balaban J connectivity index is 2.31. The average molecular weight is 426 g/mol. The number of carbonyl (C=O) groups excluding carboxylic acids is 2. The molecule has 31 heavy (non-hydrogen) atoms. The highest BCUT2D eigenvalue weighted by Crippen LogP contribution is 2.28. The number of allylic oxidation sites excluding steroid dienone is 2. The molecular weight excluding hydrogens is 404 g/mol. The molecule has 0 atom stereocenters. The van der Waals surface area contributed by atoms with Crippen molar-refractivity contribution in [2.45, 2.75) is 6.92 Å². The molecule has 0 aliphatic heterocycles. The third-order valence-corrected chi connectivity index (χ3v) is 3.97. The van der Waals surface area contributed by atoms with Gasteiger partial charge in [0.25, 0.3) is 0 Å². The maximum Gasteiger partial charge on any atom is 0.308 e. The Labute approximate surface area is 178 Å². The van der Waals surface area contributed by atoms with Crippen LogP contribution in [-0.4, -0.2) is 41.3 Å². The summed E-state index contributed by atoms with van der Waals surface area (Å²) in [4.78, 5) is 23.9. The lowest BCUT2D eigenvalue weighted by Crippen LogP contribution is -2.10. The summed E-state index contributed by atoms with van der Waals surface area (Å²) in [5, 5.41) is 29.6. The largest absolute Gasteiger partial charge is 0.504 e. The van der Waals surface area contributed by atoms with E-state index in [2.05, 4.69) is 0 Å². The summed E-state index contributed by atoms with van der Waals surface area (Å²) in [6.07, 6.45) is 5.15. The van der Waals surface area contributed by atoms with Crippen LogP contribution in [0.1, 0.15) is 18.1 Å². The molecule has 0 aliphatic carbocycles. The highest BCUT2D eigenvalue weighted by atomic mass is 16.5. The molecule has 0 saturated heterocycles. The number of aliphatic hydroxyl groups excluding tert-OH is 1. The number of esters is 1. The van der Waals surface area contributed by atoms with Crippen LogP contribution < -0.4 is 9.47 Å². The molecule has 0 saturated carbocycles. The number of methoxy groups -OCH3 is 2. The van der Waals surface area contributed by atoms with E-state index in [0.29, 0.717) is 11.1 Å². The van der Waals surface area contributed by atoms with Gasteiger partial charge in [0.2, 0.25) is 11.5 Å². The number of phenolic OH excluding ortho intramolecular Hbond substituents is 2. The lowest BCUT2D eigenvalue weighted by atomic mass is 10.1. The van der Waals surface area contributed by atoms with Crippen LogP contribution in [0.2, 0.25) is 0 Å². The summed E-state index contributed by atoms with van der Waals surface area (Å²) in [6, 6.07) is 8.95. The molecule has 0 heterocycles. The van der Waals surface area contributed by atoms with Gasteiger partial charge >= 0.3 is 5.97 Å². The van der Waals surface area contributed by atoms with E-state index in [4.69, 9.17) is 14.2 Å². The zero-order valence-corrected chi connectivity index (χ0v) is 17.2. The van der Waals surface area contributed by atoms with Crippen molar-refractivity contribution < 1.29 is 39.1 Å². The molecule has 162 valence electrons. The predicted molar refractivity (Wildman–Crippen MR) is 114 cm³/mol. The predicted octanol–water partition coefficient (Wildman–Crippen LogP) is 3.74. The van der Waals surface area contributed by atoms with Gasteiger partial charge in [-0.25, -0.2) is 0 Å². The molecule has 0 unspecified atom stereocenters. The Morgan fingerprint density at radius 1 is 0.839 bits per heavy atom. The van der Waals surface area contributed by atoms with Crippen molar-refractivity contribution in [3.63, 3.8) is 0 Å².